The average molecular weight is 310 g/mol. The van der Waals surface area contributed by atoms with Crippen molar-refractivity contribution in [2.45, 2.75) is 13.1 Å². The van der Waals surface area contributed by atoms with Gasteiger partial charge in [-0.1, -0.05) is 29.8 Å². The normalized spacial score (nSPS) is 10.5. The standard InChI is InChI=1S/C16H17ClFNO2/c1-20-14-7-4-6-13(17)12(14)10-19-9-11-5-3-8-15(21-2)16(11)18/h3-8,19H,9-10H2,1-2H3. The van der Waals surface area contributed by atoms with Crippen molar-refractivity contribution < 1.29 is 13.9 Å². The maximum Gasteiger partial charge on any atom is 0.169 e. The molecule has 1 N–H and O–H groups in total. The van der Waals surface area contributed by atoms with Gasteiger partial charge in [0.05, 0.1) is 14.2 Å². The van der Waals surface area contributed by atoms with Gasteiger partial charge in [0.25, 0.3) is 0 Å². The van der Waals surface area contributed by atoms with E-state index in [1.807, 2.05) is 12.1 Å². The van der Waals surface area contributed by atoms with Crippen LogP contribution in [0.25, 0.3) is 0 Å². The lowest BCUT2D eigenvalue weighted by molar-refractivity contribution is 0.383. The zero-order valence-electron chi connectivity index (χ0n) is 12.0. The molecule has 5 heteroatoms. The largest absolute Gasteiger partial charge is 0.496 e. The van der Waals surface area contributed by atoms with Crippen molar-refractivity contribution in [2.24, 2.45) is 0 Å². The molecule has 0 bridgehead atoms. The lowest BCUT2D eigenvalue weighted by Crippen LogP contribution is -2.15. The van der Waals surface area contributed by atoms with Crippen LogP contribution in [-0.2, 0) is 13.1 Å². The highest BCUT2D eigenvalue weighted by Gasteiger charge is 2.10. The fourth-order valence-electron chi connectivity index (χ4n) is 2.07. The van der Waals surface area contributed by atoms with Crippen LogP contribution in [0.1, 0.15) is 11.1 Å². The fourth-order valence-corrected chi connectivity index (χ4v) is 2.31. The van der Waals surface area contributed by atoms with E-state index in [-0.39, 0.29) is 11.6 Å². The van der Waals surface area contributed by atoms with E-state index in [0.717, 1.165) is 5.56 Å². The number of benzene rings is 2. The molecule has 21 heavy (non-hydrogen) atoms. The Labute approximate surface area is 128 Å². The minimum absolute atomic E-state index is 0.240. The molecule has 0 fully saturated rings. The van der Waals surface area contributed by atoms with Gasteiger partial charge in [0.2, 0.25) is 0 Å². The quantitative estimate of drug-likeness (QED) is 0.880. The summed E-state index contributed by atoms with van der Waals surface area (Å²) < 4.78 is 24.2. The molecule has 0 saturated carbocycles. The van der Waals surface area contributed by atoms with Crippen molar-refractivity contribution in [1.29, 1.82) is 0 Å². The Bertz CT molecular complexity index is 619. The zero-order valence-corrected chi connectivity index (χ0v) is 12.7. The minimum Gasteiger partial charge on any atom is -0.496 e. The molecule has 2 aromatic rings. The van der Waals surface area contributed by atoms with Gasteiger partial charge in [-0.2, -0.15) is 0 Å². The van der Waals surface area contributed by atoms with Gasteiger partial charge in [-0.3, -0.25) is 0 Å². The van der Waals surface area contributed by atoms with Crippen LogP contribution in [0.3, 0.4) is 0 Å². The van der Waals surface area contributed by atoms with E-state index in [2.05, 4.69) is 5.32 Å². The van der Waals surface area contributed by atoms with Crippen molar-refractivity contribution in [3.05, 3.63) is 58.4 Å². The molecule has 0 unspecified atom stereocenters. The molecule has 0 aromatic heterocycles. The molecular formula is C16H17ClFNO2. The highest BCUT2D eigenvalue weighted by atomic mass is 35.5. The summed E-state index contributed by atoms with van der Waals surface area (Å²) in [7, 11) is 3.04. The first-order valence-electron chi connectivity index (χ1n) is 6.50. The third kappa shape index (κ3) is 3.65. The summed E-state index contributed by atoms with van der Waals surface area (Å²) in [5, 5.41) is 3.78. The Morgan fingerprint density at radius 1 is 1.00 bits per heavy atom. The Morgan fingerprint density at radius 2 is 1.67 bits per heavy atom. The number of rotatable bonds is 6. The van der Waals surface area contributed by atoms with Crippen LogP contribution in [0.2, 0.25) is 5.02 Å². The van der Waals surface area contributed by atoms with Crippen LogP contribution in [0.5, 0.6) is 11.5 Å². The Kier molecular flexibility index (Phi) is 5.42. The zero-order chi connectivity index (χ0) is 15.2. The van der Waals surface area contributed by atoms with E-state index in [1.165, 1.54) is 7.11 Å². The smallest absolute Gasteiger partial charge is 0.169 e. The van der Waals surface area contributed by atoms with Crippen molar-refractivity contribution in [1.82, 2.24) is 5.32 Å². The summed E-state index contributed by atoms with van der Waals surface area (Å²) in [5.41, 5.74) is 1.39. The molecular weight excluding hydrogens is 293 g/mol. The number of halogens is 2. The van der Waals surface area contributed by atoms with E-state index in [1.54, 1.807) is 31.4 Å². The summed E-state index contributed by atoms with van der Waals surface area (Å²) in [6, 6.07) is 10.5. The van der Waals surface area contributed by atoms with Crippen molar-refractivity contribution in [3.63, 3.8) is 0 Å². The van der Waals surface area contributed by atoms with Crippen LogP contribution >= 0.6 is 11.6 Å². The topological polar surface area (TPSA) is 30.5 Å². The van der Waals surface area contributed by atoms with Gasteiger partial charge in [0, 0.05) is 29.2 Å². The molecule has 0 aliphatic carbocycles. The van der Waals surface area contributed by atoms with Gasteiger partial charge in [-0.15, -0.1) is 0 Å². The van der Waals surface area contributed by atoms with E-state index in [4.69, 9.17) is 21.1 Å². The minimum atomic E-state index is -0.348. The molecule has 0 heterocycles. The van der Waals surface area contributed by atoms with Gasteiger partial charge in [0.15, 0.2) is 11.6 Å². The molecule has 2 rings (SSSR count). The lowest BCUT2D eigenvalue weighted by Gasteiger charge is -2.12. The molecule has 0 spiro atoms. The SMILES string of the molecule is COc1cccc(CNCc2c(Cl)cccc2OC)c1F. The Hall–Kier alpha value is -1.78. The second-order valence-electron chi connectivity index (χ2n) is 4.46. The van der Waals surface area contributed by atoms with Crippen LogP contribution in [-0.4, -0.2) is 14.2 Å². The summed E-state index contributed by atoms with van der Waals surface area (Å²) in [5.74, 6) is 0.601. The van der Waals surface area contributed by atoms with Gasteiger partial charge >= 0.3 is 0 Å². The molecule has 0 aliphatic heterocycles. The van der Waals surface area contributed by atoms with Gasteiger partial charge in [-0.05, 0) is 18.2 Å². The second-order valence-corrected chi connectivity index (χ2v) is 4.86. The van der Waals surface area contributed by atoms with Crippen LogP contribution in [0.15, 0.2) is 36.4 Å². The summed E-state index contributed by atoms with van der Waals surface area (Å²) >= 11 is 6.15. The predicted molar refractivity (Wildman–Crippen MR) is 81.5 cm³/mol. The van der Waals surface area contributed by atoms with Gasteiger partial charge < -0.3 is 14.8 Å². The summed E-state index contributed by atoms with van der Waals surface area (Å²) in [6.45, 7) is 0.858. The summed E-state index contributed by atoms with van der Waals surface area (Å²) in [6.07, 6.45) is 0. The van der Waals surface area contributed by atoms with Gasteiger partial charge in [-0.25, -0.2) is 4.39 Å². The first kappa shape index (κ1) is 15.6. The van der Waals surface area contributed by atoms with Crippen molar-refractivity contribution >= 4 is 11.6 Å². The lowest BCUT2D eigenvalue weighted by atomic mass is 10.1. The molecule has 3 nitrogen and oxygen atoms in total. The van der Waals surface area contributed by atoms with E-state index in [9.17, 15) is 4.39 Å². The monoisotopic (exact) mass is 309 g/mol. The number of hydrogen-bond acceptors (Lipinski definition) is 3. The van der Waals surface area contributed by atoms with E-state index >= 15 is 0 Å². The highest BCUT2D eigenvalue weighted by molar-refractivity contribution is 6.31. The number of ether oxygens (including phenoxy) is 2. The fraction of sp³-hybridized carbons (Fsp3) is 0.250. The van der Waals surface area contributed by atoms with Crippen molar-refractivity contribution in [3.8, 4) is 11.5 Å². The molecule has 2 aromatic carbocycles. The second kappa shape index (κ2) is 7.29. The average Bonchev–Trinajstić information content (AvgIpc) is 2.50. The molecule has 0 saturated heterocycles. The third-order valence-corrected chi connectivity index (χ3v) is 3.53. The van der Waals surface area contributed by atoms with Gasteiger partial charge in [0.1, 0.15) is 5.75 Å². The first-order valence-corrected chi connectivity index (χ1v) is 6.88. The molecule has 112 valence electrons. The highest BCUT2D eigenvalue weighted by Crippen LogP contribution is 2.26. The summed E-state index contributed by atoms with van der Waals surface area (Å²) in [4.78, 5) is 0. The predicted octanol–water partition coefficient (Wildman–Crippen LogP) is 3.79. The first-order chi connectivity index (χ1) is 10.2. The maximum atomic E-state index is 14.0. The number of hydrogen-bond donors (Lipinski definition) is 1. The van der Waals surface area contributed by atoms with Crippen LogP contribution < -0.4 is 14.8 Å². The maximum absolute atomic E-state index is 14.0. The third-order valence-electron chi connectivity index (χ3n) is 3.18. The molecule has 0 aliphatic rings. The Morgan fingerprint density at radius 3 is 2.38 bits per heavy atom. The number of methoxy groups -OCH3 is 2. The Balaban J connectivity index is 2.06. The van der Waals surface area contributed by atoms with E-state index < -0.39 is 0 Å². The van der Waals surface area contributed by atoms with E-state index in [0.29, 0.717) is 29.4 Å². The molecule has 0 amide bonds. The van der Waals surface area contributed by atoms with Crippen LogP contribution in [0.4, 0.5) is 4.39 Å². The number of nitrogens with one attached hydrogen (secondary N) is 1. The van der Waals surface area contributed by atoms with Crippen LogP contribution in [0, 0.1) is 5.82 Å². The molecule has 0 atom stereocenters. The molecule has 0 radical (unpaired) electrons. The van der Waals surface area contributed by atoms with Crippen molar-refractivity contribution in [2.75, 3.05) is 14.2 Å².